The van der Waals surface area contributed by atoms with Gasteiger partial charge < -0.3 is 20.3 Å². The quantitative estimate of drug-likeness (QED) is 0.727. The van der Waals surface area contributed by atoms with Gasteiger partial charge in [-0.05, 0) is 25.1 Å². The first-order valence-electron chi connectivity index (χ1n) is 6.63. The van der Waals surface area contributed by atoms with Crippen molar-refractivity contribution in [2.45, 2.75) is 12.5 Å². The molecule has 7 heteroatoms. The van der Waals surface area contributed by atoms with Crippen molar-refractivity contribution in [2.75, 3.05) is 20.2 Å². The van der Waals surface area contributed by atoms with Gasteiger partial charge in [-0.15, -0.1) is 0 Å². The van der Waals surface area contributed by atoms with Crippen molar-refractivity contribution < 1.29 is 28.9 Å². The Kier molecular flexibility index (Phi) is 7.21. The molecule has 0 bridgehead atoms. The molecule has 1 aromatic carbocycles. The summed E-state index contributed by atoms with van der Waals surface area (Å²) in [6, 6.07) is 5.23. The van der Waals surface area contributed by atoms with Crippen LogP contribution in [0.1, 0.15) is 17.2 Å². The van der Waals surface area contributed by atoms with Gasteiger partial charge in [0.2, 0.25) is 0 Å². The predicted molar refractivity (Wildman–Crippen MR) is 77.1 cm³/mol. The van der Waals surface area contributed by atoms with E-state index in [9.17, 15) is 14.0 Å². The maximum absolute atomic E-state index is 13.5. The lowest BCUT2D eigenvalue weighted by Gasteiger charge is -2.26. The molecule has 0 spiro atoms. The number of halogens is 1. The van der Waals surface area contributed by atoms with Crippen molar-refractivity contribution in [3.05, 3.63) is 47.3 Å². The van der Waals surface area contributed by atoms with Crippen LogP contribution in [0.2, 0.25) is 0 Å². The van der Waals surface area contributed by atoms with E-state index in [2.05, 4.69) is 5.32 Å². The average Bonchev–Trinajstić information content (AvgIpc) is 2.46. The van der Waals surface area contributed by atoms with Crippen molar-refractivity contribution in [3.63, 3.8) is 0 Å². The monoisotopic (exact) mass is 311 g/mol. The highest BCUT2D eigenvalue weighted by Crippen LogP contribution is 2.28. The Morgan fingerprint density at radius 3 is 2.55 bits per heavy atom. The largest absolute Gasteiger partial charge is 0.478 e. The molecule has 0 amide bonds. The maximum atomic E-state index is 13.5. The SMILES string of the molecule is CNCC1OCCc2cccc(F)c21.O=C(O)/C=C/C(=O)O. The molecule has 2 rings (SSSR count). The minimum atomic E-state index is -1.26. The fourth-order valence-electron chi connectivity index (χ4n) is 2.04. The highest BCUT2D eigenvalue weighted by atomic mass is 19.1. The zero-order valence-corrected chi connectivity index (χ0v) is 12.1. The first-order valence-corrected chi connectivity index (χ1v) is 6.63. The van der Waals surface area contributed by atoms with Gasteiger partial charge in [-0.25, -0.2) is 14.0 Å². The molecule has 0 aliphatic carbocycles. The zero-order valence-electron chi connectivity index (χ0n) is 12.1. The number of rotatable bonds is 4. The average molecular weight is 311 g/mol. The summed E-state index contributed by atoms with van der Waals surface area (Å²) in [4.78, 5) is 19.1. The van der Waals surface area contributed by atoms with Gasteiger partial charge in [-0.3, -0.25) is 0 Å². The summed E-state index contributed by atoms with van der Waals surface area (Å²) in [6.45, 7) is 1.34. The number of hydrogen-bond acceptors (Lipinski definition) is 4. The molecule has 0 saturated heterocycles. The van der Waals surface area contributed by atoms with E-state index in [0.717, 1.165) is 17.5 Å². The van der Waals surface area contributed by atoms with Crippen LogP contribution in [0.4, 0.5) is 4.39 Å². The molecule has 1 aromatic rings. The van der Waals surface area contributed by atoms with Gasteiger partial charge in [0, 0.05) is 24.3 Å². The van der Waals surface area contributed by atoms with E-state index in [0.29, 0.717) is 25.3 Å². The first-order chi connectivity index (χ1) is 10.5. The van der Waals surface area contributed by atoms with Crippen molar-refractivity contribution in [1.82, 2.24) is 5.32 Å². The fraction of sp³-hybridized carbons (Fsp3) is 0.333. The Hall–Kier alpha value is -2.25. The third-order valence-corrected chi connectivity index (χ3v) is 2.91. The number of nitrogens with one attached hydrogen (secondary N) is 1. The van der Waals surface area contributed by atoms with Gasteiger partial charge in [0.05, 0.1) is 12.7 Å². The number of hydrogen-bond donors (Lipinski definition) is 3. The molecule has 0 radical (unpaired) electrons. The van der Waals surface area contributed by atoms with Crippen molar-refractivity contribution in [3.8, 4) is 0 Å². The second kappa shape index (κ2) is 8.91. The lowest BCUT2D eigenvalue weighted by atomic mass is 9.97. The summed E-state index contributed by atoms with van der Waals surface area (Å²) in [7, 11) is 1.85. The Morgan fingerprint density at radius 1 is 1.36 bits per heavy atom. The molecular weight excluding hydrogens is 293 g/mol. The Morgan fingerprint density at radius 2 is 2.00 bits per heavy atom. The fourth-order valence-corrected chi connectivity index (χ4v) is 2.04. The van der Waals surface area contributed by atoms with E-state index in [1.54, 1.807) is 6.07 Å². The van der Waals surface area contributed by atoms with Crippen LogP contribution in [-0.2, 0) is 20.7 Å². The number of carboxylic acids is 2. The van der Waals surface area contributed by atoms with Crippen molar-refractivity contribution in [2.24, 2.45) is 0 Å². The van der Waals surface area contributed by atoms with Crippen LogP contribution in [0.25, 0.3) is 0 Å². The summed E-state index contributed by atoms with van der Waals surface area (Å²) in [5.41, 5.74) is 1.81. The van der Waals surface area contributed by atoms with Crippen molar-refractivity contribution in [1.29, 1.82) is 0 Å². The minimum Gasteiger partial charge on any atom is -0.478 e. The topological polar surface area (TPSA) is 95.9 Å². The number of carbonyl (C=O) groups is 2. The second-order valence-electron chi connectivity index (χ2n) is 4.49. The number of benzene rings is 1. The summed E-state index contributed by atoms with van der Waals surface area (Å²) in [5, 5.41) is 18.6. The first kappa shape index (κ1) is 17.8. The number of aliphatic carboxylic acids is 2. The molecule has 6 nitrogen and oxygen atoms in total. The zero-order chi connectivity index (χ0) is 16.5. The molecular formula is C15H18FNO5. The van der Waals surface area contributed by atoms with Gasteiger partial charge in [-0.2, -0.15) is 0 Å². The van der Waals surface area contributed by atoms with E-state index in [-0.39, 0.29) is 11.9 Å². The lowest BCUT2D eigenvalue weighted by molar-refractivity contribution is -0.134. The molecule has 1 aliphatic rings. The predicted octanol–water partition coefficient (Wildman–Crippen LogP) is 1.37. The number of ether oxygens (including phenoxy) is 1. The van der Waals surface area contributed by atoms with E-state index in [4.69, 9.17) is 14.9 Å². The molecule has 0 aromatic heterocycles. The van der Waals surface area contributed by atoms with E-state index < -0.39 is 11.9 Å². The normalized spacial score (nSPS) is 16.5. The van der Waals surface area contributed by atoms with E-state index in [1.165, 1.54) is 6.07 Å². The molecule has 1 heterocycles. The summed E-state index contributed by atoms with van der Waals surface area (Å²) in [6.07, 6.45) is 1.79. The van der Waals surface area contributed by atoms with Gasteiger partial charge in [0.25, 0.3) is 0 Å². The van der Waals surface area contributed by atoms with Gasteiger partial charge in [0.1, 0.15) is 5.82 Å². The van der Waals surface area contributed by atoms with Gasteiger partial charge >= 0.3 is 11.9 Å². The molecule has 3 N–H and O–H groups in total. The molecule has 1 atom stereocenters. The maximum Gasteiger partial charge on any atom is 0.328 e. The van der Waals surface area contributed by atoms with Gasteiger partial charge in [-0.1, -0.05) is 12.1 Å². The summed E-state index contributed by atoms with van der Waals surface area (Å²) < 4.78 is 19.1. The molecule has 1 aliphatic heterocycles. The molecule has 22 heavy (non-hydrogen) atoms. The van der Waals surface area contributed by atoms with Crippen molar-refractivity contribution >= 4 is 11.9 Å². The van der Waals surface area contributed by atoms with Crippen LogP contribution in [0, 0.1) is 5.82 Å². The van der Waals surface area contributed by atoms with E-state index in [1.807, 2.05) is 13.1 Å². The van der Waals surface area contributed by atoms with Crippen LogP contribution >= 0.6 is 0 Å². The Bertz CT molecular complexity index is 543. The number of likely N-dealkylation sites (N-methyl/N-ethyl adjacent to an activating group) is 1. The van der Waals surface area contributed by atoms with Crippen LogP contribution < -0.4 is 5.32 Å². The Balaban J connectivity index is 0.000000261. The third kappa shape index (κ3) is 5.63. The summed E-state index contributed by atoms with van der Waals surface area (Å²) >= 11 is 0. The third-order valence-electron chi connectivity index (χ3n) is 2.91. The van der Waals surface area contributed by atoms with E-state index >= 15 is 0 Å². The number of fused-ring (bicyclic) bond motifs is 1. The smallest absolute Gasteiger partial charge is 0.328 e. The molecule has 0 saturated carbocycles. The second-order valence-corrected chi connectivity index (χ2v) is 4.49. The molecule has 120 valence electrons. The standard InChI is InChI=1S/C11H14FNO.C4H4O4/c1-13-7-10-11-8(5-6-14-10)3-2-4-9(11)12;5-3(6)1-2-4(7)8/h2-4,10,13H,5-7H2,1H3;1-2H,(H,5,6)(H,7,8)/b;2-1+. The highest BCUT2D eigenvalue weighted by molar-refractivity contribution is 5.89. The number of carboxylic acid groups (broad SMARTS) is 2. The molecule has 0 fully saturated rings. The highest BCUT2D eigenvalue weighted by Gasteiger charge is 2.23. The Labute approximate surface area is 127 Å². The van der Waals surface area contributed by atoms with Crippen LogP contribution in [0.5, 0.6) is 0 Å². The summed E-state index contributed by atoms with van der Waals surface area (Å²) in [5.74, 6) is -2.66. The lowest BCUT2D eigenvalue weighted by Crippen LogP contribution is -2.26. The molecule has 1 unspecified atom stereocenters. The van der Waals surface area contributed by atoms with Crippen LogP contribution in [-0.4, -0.2) is 42.4 Å². The van der Waals surface area contributed by atoms with Crippen LogP contribution in [0.3, 0.4) is 0 Å². The van der Waals surface area contributed by atoms with Crippen LogP contribution in [0.15, 0.2) is 30.4 Å². The van der Waals surface area contributed by atoms with Gasteiger partial charge in [0.15, 0.2) is 0 Å². The minimum absolute atomic E-state index is 0.134.